The van der Waals surface area contributed by atoms with Crippen molar-refractivity contribution in [1.82, 2.24) is 4.98 Å². The Bertz CT molecular complexity index is 989. The Morgan fingerprint density at radius 2 is 1.54 bits per heavy atom. The molecule has 118 valence electrons. The van der Waals surface area contributed by atoms with Crippen LogP contribution in [0.25, 0.3) is 32.6 Å². The van der Waals surface area contributed by atoms with E-state index in [0.29, 0.717) is 0 Å². The van der Waals surface area contributed by atoms with Crippen molar-refractivity contribution in [3.05, 3.63) is 71.6 Å². The van der Waals surface area contributed by atoms with Crippen LogP contribution in [0, 0.1) is 0 Å². The summed E-state index contributed by atoms with van der Waals surface area (Å²) in [6.07, 6.45) is 0.932. The summed E-state index contributed by atoms with van der Waals surface area (Å²) < 4.78 is 0. The minimum atomic E-state index is 0.878. The Morgan fingerprint density at radius 1 is 0.917 bits per heavy atom. The number of hydrogen-bond donors (Lipinski definition) is 1. The summed E-state index contributed by atoms with van der Waals surface area (Å²) in [6, 6.07) is 22.9. The van der Waals surface area contributed by atoms with Gasteiger partial charge in [-0.1, -0.05) is 67.6 Å². The Hall–Kier alpha value is -2.65. The first-order valence-electron chi connectivity index (χ1n) is 8.10. The molecule has 3 heteroatoms. The average molecular weight is 330 g/mol. The summed E-state index contributed by atoms with van der Waals surface area (Å²) in [4.78, 5) is 7.13. The van der Waals surface area contributed by atoms with E-state index in [2.05, 4.69) is 49.4 Å². The highest BCUT2D eigenvalue weighted by molar-refractivity contribution is 7.19. The van der Waals surface area contributed by atoms with Crippen molar-refractivity contribution in [3.63, 3.8) is 0 Å². The first-order valence-corrected chi connectivity index (χ1v) is 8.92. The second-order valence-corrected chi connectivity index (χ2v) is 6.84. The molecule has 4 rings (SSSR count). The van der Waals surface area contributed by atoms with Crippen LogP contribution in [0.4, 0.5) is 5.69 Å². The van der Waals surface area contributed by atoms with Crippen LogP contribution in [0.3, 0.4) is 0 Å². The number of pyridine rings is 1. The molecule has 0 aliphatic heterocycles. The standard InChI is InChI=1S/C21H18N2S/c1-2-18-20(22)19-16(14-9-5-3-6-10-14)13-17(23-21(19)24-18)15-11-7-4-8-12-15/h3-13H,2,22H2,1H3. The molecule has 0 aliphatic rings. The zero-order chi connectivity index (χ0) is 16.5. The van der Waals surface area contributed by atoms with E-state index in [1.165, 1.54) is 10.4 Å². The molecule has 0 spiro atoms. The molecular weight excluding hydrogens is 312 g/mol. The van der Waals surface area contributed by atoms with Gasteiger partial charge in [-0.05, 0) is 23.6 Å². The molecule has 2 heterocycles. The van der Waals surface area contributed by atoms with Crippen LogP contribution in [0.15, 0.2) is 66.7 Å². The summed E-state index contributed by atoms with van der Waals surface area (Å²) in [6.45, 7) is 2.14. The summed E-state index contributed by atoms with van der Waals surface area (Å²) >= 11 is 1.71. The van der Waals surface area contributed by atoms with Gasteiger partial charge in [0.15, 0.2) is 0 Å². The van der Waals surface area contributed by atoms with Crippen molar-refractivity contribution in [2.45, 2.75) is 13.3 Å². The van der Waals surface area contributed by atoms with E-state index in [4.69, 9.17) is 10.7 Å². The predicted molar refractivity (Wildman–Crippen MR) is 104 cm³/mol. The van der Waals surface area contributed by atoms with Gasteiger partial charge in [-0.3, -0.25) is 0 Å². The molecule has 0 unspecified atom stereocenters. The van der Waals surface area contributed by atoms with Gasteiger partial charge in [0.1, 0.15) is 4.83 Å². The number of hydrogen-bond acceptors (Lipinski definition) is 3. The van der Waals surface area contributed by atoms with Crippen LogP contribution in [0.5, 0.6) is 0 Å². The number of rotatable bonds is 3. The molecule has 4 aromatic rings. The Labute approximate surface area is 145 Å². The van der Waals surface area contributed by atoms with Gasteiger partial charge in [-0.2, -0.15) is 0 Å². The van der Waals surface area contributed by atoms with E-state index in [1.807, 2.05) is 24.3 Å². The number of anilines is 1. The maximum atomic E-state index is 6.45. The van der Waals surface area contributed by atoms with Crippen LogP contribution in [-0.2, 0) is 6.42 Å². The molecule has 0 fully saturated rings. The fourth-order valence-corrected chi connectivity index (χ4v) is 4.09. The van der Waals surface area contributed by atoms with E-state index in [1.54, 1.807) is 11.3 Å². The van der Waals surface area contributed by atoms with Gasteiger partial charge < -0.3 is 5.73 Å². The van der Waals surface area contributed by atoms with Gasteiger partial charge in [0, 0.05) is 15.8 Å². The highest BCUT2D eigenvalue weighted by Gasteiger charge is 2.16. The van der Waals surface area contributed by atoms with Crippen LogP contribution in [0.1, 0.15) is 11.8 Å². The lowest BCUT2D eigenvalue weighted by Crippen LogP contribution is -1.91. The second-order valence-electron chi connectivity index (χ2n) is 5.76. The summed E-state index contributed by atoms with van der Waals surface area (Å²) in [5.74, 6) is 0. The fraction of sp³-hybridized carbons (Fsp3) is 0.0952. The van der Waals surface area contributed by atoms with E-state index < -0.39 is 0 Å². The van der Waals surface area contributed by atoms with Crippen molar-refractivity contribution in [2.24, 2.45) is 0 Å². The molecule has 2 N–H and O–H groups in total. The van der Waals surface area contributed by atoms with Crippen LogP contribution in [0.2, 0.25) is 0 Å². The highest BCUT2D eigenvalue weighted by atomic mass is 32.1. The molecule has 0 bridgehead atoms. The minimum Gasteiger partial charge on any atom is -0.397 e. The summed E-state index contributed by atoms with van der Waals surface area (Å²) in [7, 11) is 0. The predicted octanol–water partition coefficient (Wildman–Crippen LogP) is 5.77. The molecule has 0 amide bonds. The maximum Gasteiger partial charge on any atom is 0.127 e. The molecule has 0 radical (unpaired) electrons. The average Bonchev–Trinajstić information content (AvgIpc) is 2.98. The van der Waals surface area contributed by atoms with Crippen LogP contribution in [-0.4, -0.2) is 4.98 Å². The van der Waals surface area contributed by atoms with Gasteiger partial charge >= 0.3 is 0 Å². The molecule has 0 atom stereocenters. The first kappa shape index (κ1) is 14.9. The molecular formula is C21H18N2S. The monoisotopic (exact) mass is 330 g/mol. The van der Waals surface area contributed by atoms with E-state index in [9.17, 15) is 0 Å². The first-order chi connectivity index (χ1) is 11.8. The lowest BCUT2D eigenvalue weighted by molar-refractivity contribution is 1.19. The number of nitrogen functional groups attached to an aromatic ring is 1. The molecule has 2 aromatic carbocycles. The number of nitrogens with two attached hydrogens (primary N) is 1. The number of benzene rings is 2. The SMILES string of the molecule is CCc1sc2nc(-c3ccccc3)cc(-c3ccccc3)c2c1N. The third-order valence-electron chi connectivity index (χ3n) is 4.25. The third-order valence-corrected chi connectivity index (χ3v) is 5.50. The molecule has 2 aromatic heterocycles. The lowest BCUT2D eigenvalue weighted by Gasteiger charge is -2.09. The third kappa shape index (κ3) is 2.47. The van der Waals surface area contributed by atoms with Gasteiger partial charge in [0.2, 0.25) is 0 Å². The maximum absolute atomic E-state index is 6.45. The van der Waals surface area contributed by atoms with Gasteiger partial charge in [0.05, 0.1) is 11.4 Å². The lowest BCUT2D eigenvalue weighted by atomic mass is 9.99. The second kappa shape index (κ2) is 6.10. The fourth-order valence-electron chi connectivity index (χ4n) is 3.03. The van der Waals surface area contributed by atoms with Gasteiger partial charge in [-0.25, -0.2) is 4.98 Å². The largest absolute Gasteiger partial charge is 0.397 e. The van der Waals surface area contributed by atoms with Crippen molar-refractivity contribution in [2.75, 3.05) is 5.73 Å². The number of fused-ring (bicyclic) bond motifs is 1. The normalized spacial score (nSPS) is 11.0. The zero-order valence-electron chi connectivity index (χ0n) is 13.5. The van der Waals surface area contributed by atoms with Crippen molar-refractivity contribution < 1.29 is 0 Å². The Balaban J connectivity index is 2.05. The minimum absolute atomic E-state index is 0.878. The summed E-state index contributed by atoms with van der Waals surface area (Å²) in [5, 5.41) is 1.09. The Morgan fingerprint density at radius 3 is 2.17 bits per heavy atom. The van der Waals surface area contributed by atoms with Crippen molar-refractivity contribution in [3.8, 4) is 22.4 Å². The molecule has 0 aliphatic carbocycles. The molecule has 24 heavy (non-hydrogen) atoms. The van der Waals surface area contributed by atoms with Crippen molar-refractivity contribution >= 4 is 27.2 Å². The van der Waals surface area contributed by atoms with Crippen molar-refractivity contribution in [1.29, 1.82) is 0 Å². The smallest absolute Gasteiger partial charge is 0.127 e. The molecule has 0 saturated heterocycles. The van der Waals surface area contributed by atoms with E-state index >= 15 is 0 Å². The van der Waals surface area contributed by atoms with E-state index in [-0.39, 0.29) is 0 Å². The number of nitrogens with zero attached hydrogens (tertiary/aromatic N) is 1. The van der Waals surface area contributed by atoms with E-state index in [0.717, 1.165) is 39.1 Å². The van der Waals surface area contributed by atoms with Gasteiger partial charge in [0.25, 0.3) is 0 Å². The van der Waals surface area contributed by atoms with Gasteiger partial charge in [-0.15, -0.1) is 11.3 Å². The Kier molecular flexibility index (Phi) is 3.79. The summed E-state index contributed by atoms with van der Waals surface area (Å²) in [5.41, 5.74) is 11.8. The number of aryl methyl sites for hydroxylation is 1. The topological polar surface area (TPSA) is 38.9 Å². The zero-order valence-corrected chi connectivity index (χ0v) is 14.3. The quantitative estimate of drug-likeness (QED) is 0.517. The molecule has 2 nitrogen and oxygen atoms in total. The van der Waals surface area contributed by atoms with Crippen LogP contribution < -0.4 is 5.73 Å². The number of thiophene rings is 1. The number of aromatic nitrogens is 1. The van der Waals surface area contributed by atoms with Crippen LogP contribution >= 0.6 is 11.3 Å². The highest BCUT2D eigenvalue weighted by Crippen LogP contribution is 2.41. The molecule has 0 saturated carbocycles.